The predicted octanol–water partition coefficient (Wildman–Crippen LogP) is 3.59. The van der Waals surface area contributed by atoms with E-state index >= 15 is 0 Å². The third-order valence-electron chi connectivity index (χ3n) is 6.32. The second kappa shape index (κ2) is 8.34. The van der Waals surface area contributed by atoms with Crippen LogP contribution >= 0.6 is 0 Å². The van der Waals surface area contributed by atoms with Crippen molar-refractivity contribution in [3.05, 3.63) is 41.6 Å². The molecule has 0 unspecified atom stereocenters. The van der Waals surface area contributed by atoms with E-state index in [-0.39, 0.29) is 11.5 Å². The van der Waals surface area contributed by atoms with Crippen molar-refractivity contribution < 1.29 is 14.3 Å². The minimum Gasteiger partial charge on any atom is -0.497 e. The van der Waals surface area contributed by atoms with E-state index in [4.69, 9.17) is 9.47 Å². The van der Waals surface area contributed by atoms with Crippen LogP contribution in [0.25, 0.3) is 0 Å². The van der Waals surface area contributed by atoms with Crippen LogP contribution in [0.4, 0.5) is 0 Å². The first kappa shape index (κ1) is 19.7. The number of nitrogens with zero attached hydrogens (tertiary/aromatic N) is 2. The number of carbonyl (C=O) groups is 1. The zero-order valence-corrected chi connectivity index (χ0v) is 17.0. The van der Waals surface area contributed by atoms with Gasteiger partial charge in [-0.15, -0.1) is 0 Å². The fraction of sp³-hybridized carbons (Fsp3) is 0.591. The fourth-order valence-electron chi connectivity index (χ4n) is 4.62. The van der Waals surface area contributed by atoms with Crippen LogP contribution in [0.3, 0.4) is 0 Å². The number of hydrogen-bond donors (Lipinski definition) is 0. The van der Waals surface area contributed by atoms with E-state index < -0.39 is 0 Å². The van der Waals surface area contributed by atoms with Crippen LogP contribution in [-0.4, -0.2) is 54.7 Å². The maximum absolute atomic E-state index is 12.6. The topological polar surface area (TPSA) is 42.0 Å². The van der Waals surface area contributed by atoms with Gasteiger partial charge in [-0.2, -0.15) is 0 Å². The summed E-state index contributed by atoms with van der Waals surface area (Å²) in [5.41, 5.74) is 2.12. The lowest BCUT2D eigenvalue weighted by Crippen LogP contribution is -2.50. The summed E-state index contributed by atoms with van der Waals surface area (Å²) in [6.45, 7) is 6.71. The molecule has 1 aromatic carbocycles. The monoisotopic (exact) mass is 372 g/mol. The molecule has 0 N–H and O–H groups in total. The highest BCUT2D eigenvalue weighted by atomic mass is 16.5. The average molecular weight is 373 g/mol. The number of amides is 1. The number of likely N-dealkylation sites (tertiary alicyclic amines) is 1. The lowest BCUT2D eigenvalue weighted by molar-refractivity contribution is -0.125. The largest absolute Gasteiger partial charge is 0.497 e. The molecule has 2 aliphatic rings. The molecule has 5 heteroatoms. The number of carbonyl (C=O) groups excluding carboxylic acids is 1. The van der Waals surface area contributed by atoms with Gasteiger partial charge in [-0.3, -0.25) is 4.79 Å². The van der Waals surface area contributed by atoms with Crippen molar-refractivity contribution in [2.75, 3.05) is 27.3 Å². The highest BCUT2D eigenvalue weighted by molar-refractivity contribution is 5.91. The van der Waals surface area contributed by atoms with Crippen molar-refractivity contribution in [1.29, 1.82) is 0 Å². The molecule has 0 saturated carbocycles. The van der Waals surface area contributed by atoms with Crippen molar-refractivity contribution >= 4 is 5.91 Å². The molecule has 1 amide bonds. The van der Waals surface area contributed by atoms with Crippen molar-refractivity contribution in [2.24, 2.45) is 0 Å². The van der Waals surface area contributed by atoms with E-state index in [0.717, 1.165) is 49.2 Å². The summed E-state index contributed by atoms with van der Waals surface area (Å²) in [6.07, 6.45) is 6.07. The summed E-state index contributed by atoms with van der Waals surface area (Å²) >= 11 is 0. The third kappa shape index (κ3) is 3.84. The summed E-state index contributed by atoms with van der Waals surface area (Å²) in [4.78, 5) is 16.9. The quantitative estimate of drug-likeness (QED) is 0.699. The molecule has 0 bridgehead atoms. The first-order chi connectivity index (χ1) is 13.1. The van der Waals surface area contributed by atoms with Gasteiger partial charge in [-0.1, -0.05) is 26.0 Å². The Morgan fingerprint density at radius 2 is 1.85 bits per heavy atom. The van der Waals surface area contributed by atoms with Gasteiger partial charge in [-0.25, -0.2) is 0 Å². The Bertz CT molecular complexity index is 671. The first-order valence-corrected chi connectivity index (χ1v) is 10.0. The van der Waals surface area contributed by atoms with Crippen molar-refractivity contribution in [3.63, 3.8) is 0 Å². The molecule has 148 valence electrons. The van der Waals surface area contributed by atoms with Crippen molar-refractivity contribution in [1.82, 2.24) is 9.80 Å². The second-order valence-electron chi connectivity index (χ2n) is 7.51. The van der Waals surface area contributed by atoms with Gasteiger partial charge in [0.15, 0.2) is 0 Å². The molecule has 3 rings (SSSR count). The number of ether oxygens (including phenoxy) is 2. The van der Waals surface area contributed by atoms with Gasteiger partial charge < -0.3 is 19.3 Å². The van der Waals surface area contributed by atoms with Gasteiger partial charge >= 0.3 is 0 Å². The Morgan fingerprint density at radius 3 is 2.44 bits per heavy atom. The fourth-order valence-corrected chi connectivity index (χ4v) is 4.62. The highest BCUT2D eigenvalue weighted by Gasteiger charge is 2.44. The van der Waals surface area contributed by atoms with Gasteiger partial charge in [0.25, 0.3) is 0 Å². The van der Waals surface area contributed by atoms with Crippen LogP contribution in [0.1, 0.15) is 45.1 Å². The van der Waals surface area contributed by atoms with Crippen LogP contribution in [0.5, 0.6) is 5.75 Å². The molecule has 1 atom stereocenters. The molecule has 2 heterocycles. The zero-order valence-electron chi connectivity index (χ0n) is 17.0. The Morgan fingerprint density at radius 1 is 1.15 bits per heavy atom. The lowest BCUT2D eigenvalue weighted by atomic mass is 9.86. The molecule has 2 aliphatic heterocycles. The Hall–Kier alpha value is -2.01. The van der Waals surface area contributed by atoms with Crippen molar-refractivity contribution in [3.8, 4) is 5.75 Å². The zero-order chi connectivity index (χ0) is 19.4. The van der Waals surface area contributed by atoms with Gasteiger partial charge in [0.1, 0.15) is 5.75 Å². The van der Waals surface area contributed by atoms with E-state index in [1.807, 2.05) is 42.4 Å². The third-order valence-corrected chi connectivity index (χ3v) is 6.32. The molecule has 0 aliphatic carbocycles. The van der Waals surface area contributed by atoms with Crippen LogP contribution in [0.2, 0.25) is 0 Å². The summed E-state index contributed by atoms with van der Waals surface area (Å²) in [5.74, 6) is 0.933. The highest BCUT2D eigenvalue weighted by Crippen LogP contribution is 2.37. The molecular weight excluding hydrogens is 340 g/mol. The summed E-state index contributed by atoms with van der Waals surface area (Å²) in [7, 11) is 3.49. The minimum atomic E-state index is -0.135. The standard InChI is InChI=1S/C22H32N2O3/c1-5-22(6-2,27-4)20-8-7-13-24(20)18-14-21(25)23(16-18)15-17-9-11-19(26-3)12-10-17/h9-12,14,20H,5-8,13,15-16H2,1-4H3/t20-/m0/s1. The molecule has 1 fully saturated rings. The maximum Gasteiger partial charge on any atom is 0.249 e. The second-order valence-corrected chi connectivity index (χ2v) is 7.51. The number of rotatable bonds is 8. The van der Waals surface area contributed by atoms with E-state index in [0.29, 0.717) is 19.1 Å². The van der Waals surface area contributed by atoms with Crippen LogP contribution in [-0.2, 0) is 16.1 Å². The number of benzene rings is 1. The summed E-state index contributed by atoms with van der Waals surface area (Å²) < 4.78 is 11.2. The smallest absolute Gasteiger partial charge is 0.249 e. The van der Waals surface area contributed by atoms with Gasteiger partial charge in [-0.05, 0) is 43.4 Å². The first-order valence-electron chi connectivity index (χ1n) is 10.0. The molecule has 1 aromatic rings. The maximum atomic E-state index is 12.6. The Labute approximate surface area is 162 Å². The predicted molar refractivity (Wildman–Crippen MR) is 107 cm³/mol. The van der Waals surface area contributed by atoms with E-state index in [9.17, 15) is 4.79 Å². The summed E-state index contributed by atoms with van der Waals surface area (Å²) in [6, 6.07) is 8.27. The molecule has 0 aromatic heterocycles. The molecule has 5 nitrogen and oxygen atoms in total. The van der Waals surface area contributed by atoms with Crippen LogP contribution in [0, 0.1) is 0 Å². The van der Waals surface area contributed by atoms with Gasteiger partial charge in [0, 0.05) is 32.0 Å². The van der Waals surface area contributed by atoms with Crippen LogP contribution < -0.4 is 4.74 Å². The molecule has 0 radical (unpaired) electrons. The molecule has 1 saturated heterocycles. The molecular formula is C22H32N2O3. The molecule has 27 heavy (non-hydrogen) atoms. The van der Waals surface area contributed by atoms with E-state index in [1.54, 1.807) is 7.11 Å². The average Bonchev–Trinajstić information content (AvgIpc) is 3.32. The van der Waals surface area contributed by atoms with E-state index in [2.05, 4.69) is 18.7 Å². The van der Waals surface area contributed by atoms with Crippen molar-refractivity contribution in [2.45, 2.75) is 57.7 Å². The number of methoxy groups -OCH3 is 2. The summed E-state index contributed by atoms with van der Waals surface area (Å²) in [5, 5.41) is 0. The van der Waals surface area contributed by atoms with Gasteiger partial charge in [0.05, 0.1) is 25.3 Å². The minimum absolute atomic E-state index is 0.0995. The SMILES string of the molecule is CCC(CC)(OC)[C@@H]1CCCN1C1=CC(=O)N(Cc2ccc(OC)cc2)C1. The Balaban J connectivity index is 1.70. The van der Waals surface area contributed by atoms with Crippen LogP contribution in [0.15, 0.2) is 36.0 Å². The number of hydrogen-bond acceptors (Lipinski definition) is 4. The Kier molecular flexibility index (Phi) is 6.10. The molecule has 0 spiro atoms. The van der Waals surface area contributed by atoms with E-state index in [1.165, 1.54) is 0 Å². The normalized spacial score (nSPS) is 20.4. The van der Waals surface area contributed by atoms with Gasteiger partial charge in [0.2, 0.25) is 5.91 Å². The lowest BCUT2D eigenvalue weighted by Gasteiger charge is -2.42.